The number of Topliss-reactive ketones (excluding diaryl/α,β-unsaturated/α-hetero) is 1. The zero-order valence-electron chi connectivity index (χ0n) is 9.46. The summed E-state index contributed by atoms with van der Waals surface area (Å²) in [7, 11) is 0. The van der Waals surface area contributed by atoms with Crippen LogP contribution in [-0.2, 0) is 9.53 Å². The summed E-state index contributed by atoms with van der Waals surface area (Å²) in [6.07, 6.45) is 0. The summed E-state index contributed by atoms with van der Waals surface area (Å²) in [5.41, 5.74) is 1.86. The second-order valence-corrected chi connectivity index (χ2v) is 3.85. The van der Waals surface area contributed by atoms with Crippen LogP contribution in [0.25, 0.3) is 0 Å². The van der Waals surface area contributed by atoms with Crippen LogP contribution in [0.5, 0.6) is 0 Å². The zero-order chi connectivity index (χ0) is 12.3. The topological polar surface area (TPSA) is 43.4 Å². The molecule has 0 aromatic heterocycles. The van der Waals surface area contributed by atoms with Crippen LogP contribution in [0, 0.1) is 13.8 Å². The second kappa shape index (κ2) is 5.12. The Morgan fingerprint density at radius 1 is 1.25 bits per heavy atom. The SMILES string of the molecule is CCOC(=O)C(=O)c1cc(C)c(Cl)c(C)c1. The van der Waals surface area contributed by atoms with E-state index >= 15 is 0 Å². The molecule has 3 nitrogen and oxygen atoms in total. The molecule has 0 amide bonds. The lowest BCUT2D eigenvalue weighted by Gasteiger charge is -2.06. The Kier molecular flexibility index (Phi) is 4.07. The fraction of sp³-hybridized carbons (Fsp3) is 0.333. The first-order chi connectivity index (χ1) is 7.47. The van der Waals surface area contributed by atoms with Crippen LogP contribution in [0.15, 0.2) is 12.1 Å². The standard InChI is InChI=1S/C12H13ClO3/c1-4-16-12(15)11(14)9-5-7(2)10(13)8(3)6-9/h5-6H,4H2,1-3H3. The Labute approximate surface area is 99.4 Å². The number of carbonyl (C=O) groups is 2. The lowest BCUT2D eigenvalue weighted by Crippen LogP contribution is -2.17. The van der Waals surface area contributed by atoms with E-state index < -0.39 is 11.8 Å². The maximum atomic E-state index is 11.6. The van der Waals surface area contributed by atoms with Gasteiger partial charge >= 0.3 is 5.97 Å². The van der Waals surface area contributed by atoms with Gasteiger partial charge in [0.1, 0.15) is 0 Å². The van der Waals surface area contributed by atoms with Gasteiger partial charge in [-0.1, -0.05) is 11.6 Å². The Morgan fingerprint density at radius 2 is 1.75 bits per heavy atom. The fourth-order valence-electron chi connectivity index (χ4n) is 1.39. The number of benzene rings is 1. The van der Waals surface area contributed by atoms with Gasteiger partial charge < -0.3 is 4.74 Å². The van der Waals surface area contributed by atoms with Crippen molar-refractivity contribution in [2.45, 2.75) is 20.8 Å². The molecule has 0 aliphatic rings. The highest BCUT2D eigenvalue weighted by Crippen LogP contribution is 2.22. The lowest BCUT2D eigenvalue weighted by atomic mass is 10.0. The van der Waals surface area contributed by atoms with E-state index in [-0.39, 0.29) is 6.61 Å². The van der Waals surface area contributed by atoms with E-state index in [9.17, 15) is 9.59 Å². The maximum absolute atomic E-state index is 11.6. The first kappa shape index (κ1) is 12.7. The summed E-state index contributed by atoms with van der Waals surface area (Å²) in [6.45, 7) is 5.42. The number of aryl methyl sites for hydroxylation is 2. The van der Waals surface area contributed by atoms with Crippen LogP contribution in [0.2, 0.25) is 5.02 Å². The van der Waals surface area contributed by atoms with Crippen LogP contribution in [0.3, 0.4) is 0 Å². The molecule has 86 valence electrons. The number of halogens is 1. The zero-order valence-corrected chi connectivity index (χ0v) is 10.2. The van der Waals surface area contributed by atoms with Crippen molar-refractivity contribution in [2.75, 3.05) is 6.61 Å². The predicted octanol–water partition coefficient (Wildman–Crippen LogP) is 2.70. The van der Waals surface area contributed by atoms with Crippen molar-refractivity contribution in [1.82, 2.24) is 0 Å². The number of ketones is 1. The molecular weight excluding hydrogens is 228 g/mol. The first-order valence-corrected chi connectivity index (χ1v) is 5.33. The molecule has 0 bridgehead atoms. The van der Waals surface area contributed by atoms with Gasteiger partial charge in [0.25, 0.3) is 5.78 Å². The molecule has 0 unspecified atom stereocenters. The van der Waals surface area contributed by atoms with E-state index in [1.54, 1.807) is 32.9 Å². The number of hydrogen-bond donors (Lipinski definition) is 0. The number of ether oxygens (including phenoxy) is 1. The van der Waals surface area contributed by atoms with Crippen molar-refractivity contribution >= 4 is 23.4 Å². The average molecular weight is 241 g/mol. The molecule has 1 rings (SSSR count). The van der Waals surface area contributed by atoms with Gasteiger partial charge in [-0.2, -0.15) is 0 Å². The predicted molar refractivity (Wildman–Crippen MR) is 61.9 cm³/mol. The van der Waals surface area contributed by atoms with Crippen molar-refractivity contribution in [2.24, 2.45) is 0 Å². The van der Waals surface area contributed by atoms with Crippen LogP contribution in [0.4, 0.5) is 0 Å². The molecule has 1 aromatic rings. The van der Waals surface area contributed by atoms with E-state index in [0.717, 1.165) is 11.1 Å². The van der Waals surface area contributed by atoms with Crippen LogP contribution < -0.4 is 0 Å². The van der Waals surface area contributed by atoms with Gasteiger partial charge in [-0.25, -0.2) is 4.79 Å². The largest absolute Gasteiger partial charge is 0.460 e. The van der Waals surface area contributed by atoms with E-state index in [2.05, 4.69) is 4.74 Å². The molecule has 0 aliphatic heterocycles. The highest BCUT2D eigenvalue weighted by atomic mass is 35.5. The number of hydrogen-bond acceptors (Lipinski definition) is 3. The first-order valence-electron chi connectivity index (χ1n) is 4.95. The molecule has 0 saturated carbocycles. The van der Waals surface area contributed by atoms with Gasteiger partial charge in [-0.15, -0.1) is 0 Å². The summed E-state index contributed by atoms with van der Waals surface area (Å²) in [6, 6.07) is 3.18. The van der Waals surface area contributed by atoms with Gasteiger partial charge in [0.05, 0.1) is 6.61 Å². The third-order valence-corrected chi connectivity index (χ3v) is 2.76. The lowest BCUT2D eigenvalue weighted by molar-refractivity contribution is -0.137. The van der Waals surface area contributed by atoms with Crippen molar-refractivity contribution in [3.63, 3.8) is 0 Å². The monoisotopic (exact) mass is 240 g/mol. The van der Waals surface area contributed by atoms with Crippen molar-refractivity contribution in [3.05, 3.63) is 33.8 Å². The summed E-state index contributed by atoms with van der Waals surface area (Å²) >= 11 is 5.97. The third kappa shape index (κ3) is 2.61. The van der Waals surface area contributed by atoms with Crippen LogP contribution >= 0.6 is 11.6 Å². The van der Waals surface area contributed by atoms with E-state index in [4.69, 9.17) is 11.6 Å². The van der Waals surface area contributed by atoms with Gasteiger partial charge in [-0.3, -0.25) is 4.79 Å². The number of rotatable bonds is 3. The molecule has 1 aromatic carbocycles. The second-order valence-electron chi connectivity index (χ2n) is 3.47. The van der Waals surface area contributed by atoms with E-state index in [1.807, 2.05) is 0 Å². The van der Waals surface area contributed by atoms with Gasteiger partial charge in [-0.05, 0) is 44.0 Å². The maximum Gasteiger partial charge on any atom is 0.379 e. The smallest absolute Gasteiger partial charge is 0.379 e. The molecule has 0 spiro atoms. The Balaban J connectivity index is 3.06. The Morgan fingerprint density at radius 3 is 2.19 bits per heavy atom. The third-order valence-electron chi connectivity index (χ3n) is 2.16. The van der Waals surface area contributed by atoms with Gasteiger partial charge in [0.15, 0.2) is 0 Å². The Hall–Kier alpha value is -1.35. The quantitative estimate of drug-likeness (QED) is 0.464. The summed E-state index contributed by atoms with van der Waals surface area (Å²) in [4.78, 5) is 22.9. The normalized spacial score (nSPS) is 10.0. The van der Waals surface area contributed by atoms with Gasteiger partial charge in [0.2, 0.25) is 0 Å². The molecule has 0 radical (unpaired) electrons. The van der Waals surface area contributed by atoms with Crippen molar-refractivity contribution in [1.29, 1.82) is 0 Å². The molecule has 0 fully saturated rings. The van der Waals surface area contributed by atoms with Crippen molar-refractivity contribution < 1.29 is 14.3 Å². The highest BCUT2D eigenvalue weighted by Gasteiger charge is 2.18. The molecule has 0 saturated heterocycles. The van der Waals surface area contributed by atoms with E-state index in [0.29, 0.717) is 10.6 Å². The molecule has 0 aliphatic carbocycles. The average Bonchev–Trinajstić information content (AvgIpc) is 2.24. The van der Waals surface area contributed by atoms with E-state index in [1.165, 1.54) is 0 Å². The molecular formula is C12H13ClO3. The minimum atomic E-state index is -0.830. The highest BCUT2D eigenvalue weighted by molar-refractivity contribution is 6.41. The summed E-state index contributed by atoms with van der Waals surface area (Å²) < 4.78 is 4.65. The molecule has 4 heteroatoms. The molecule has 0 N–H and O–H groups in total. The molecule has 0 atom stereocenters. The number of esters is 1. The Bertz CT molecular complexity index is 415. The van der Waals surface area contributed by atoms with Gasteiger partial charge in [0, 0.05) is 10.6 Å². The fourth-order valence-corrected chi connectivity index (χ4v) is 1.50. The van der Waals surface area contributed by atoms with Crippen LogP contribution in [0.1, 0.15) is 28.4 Å². The number of carbonyl (C=O) groups excluding carboxylic acids is 2. The minimum absolute atomic E-state index is 0.191. The minimum Gasteiger partial charge on any atom is -0.460 e. The molecule has 16 heavy (non-hydrogen) atoms. The summed E-state index contributed by atoms with van der Waals surface area (Å²) in [5.74, 6) is -1.46. The summed E-state index contributed by atoms with van der Waals surface area (Å²) in [5, 5.41) is 0.611. The van der Waals surface area contributed by atoms with Crippen LogP contribution in [-0.4, -0.2) is 18.4 Å². The van der Waals surface area contributed by atoms with Crippen molar-refractivity contribution in [3.8, 4) is 0 Å². The molecule has 0 heterocycles.